The molecule has 6 nitrogen and oxygen atoms in total. The van der Waals surface area contributed by atoms with Crippen LogP contribution >= 0.6 is 11.3 Å². The number of pyridine rings is 1. The summed E-state index contributed by atoms with van der Waals surface area (Å²) < 4.78 is 0. The molecule has 1 atom stereocenters. The largest absolute Gasteiger partial charge is 0.327 e. The molecule has 2 aromatic heterocycles. The van der Waals surface area contributed by atoms with Crippen LogP contribution in [-0.2, 0) is 9.59 Å². The summed E-state index contributed by atoms with van der Waals surface area (Å²) in [6, 6.07) is 9.26. The number of thiazole rings is 1. The van der Waals surface area contributed by atoms with Crippen molar-refractivity contribution in [2.75, 3.05) is 11.9 Å². The minimum atomic E-state index is -0.461. The molecule has 0 saturated carbocycles. The van der Waals surface area contributed by atoms with E-state index in [1.54, 1.807) is 28.7 Å². The predicted molar refractivity (Wildman–Crippen MR) is 106 cm³/mol. The van der Waals surface area contributed by atoms with Crippen molar-refractivity contribution in [1.29, 1.82) is 0 Å². The van der Waals surface area contributed by atoms with E-state index in [0.29, 0.717) is 18.1 Å². The maximum Gasteiger partial charge on any atom is 0.248 e. The van der Waals surface area contributed by atoms with Gasteiger partial charge in [0, 0.05) is 41.3 Å². The Balaban J connectivity index is 1.49. The first kappa shape index (κ1) is 17.4. The number of anilines is 1. The molecule has 136 valence electrons. The van der Waals surface area contributed by atoms with Crippen molar-refractivity contribution >= 4 is 45.3 Å². The maximum absolute atomic E-state index is 12.7. The number of nitrogens with one attached hydrogen (secondary N) is 1. The lowest BCUT2D eigenvalue weighted by molar-refractivity contribution is -0.132. The van der Waals surface area contributed by atoms with Crippen LogP contribution in [0, 0.1) is 0 Å². The second-order valence-corrected chi connectivity index (χ2v) is 7.17. The number of para-hydroxylation sites is 1. The summed E-state index contributed by atoms with van der Waals surface area (Å²) in [5, 5.41) is 6.16. The predicted octanol–water partition coefficient (Wildman–Crippen LogP) is 3.33. The van der Waals surface area contributed by atoms with Crippen LogP contribution in [0.1, 0.15) is 18.4 Å². The lowest BCUT2D eigenvalue weighted by atomic mass is 10.1. The van der Waals surface area contributed by atoms with Gasteiger partial charge in [-0.05, 0) is 25.0 Å². The van der Waals surface area contributed by atoms with Crippen molar-refractivity contribution < 1.29 is 9.59 Å². The van der Waals surface area contributed by atoms with E-state index in [4.69, 9.17) is 0 Å². The topological polar surface area (TPSA) is 75.2 Å². The highest BCUT2D eigenvalue weighted by molar-refractivity contribution is 7.13. The highest BCUT2D eigenvalue weighted by atomic mass is 32.1. The van der Waals surface area contributed by atoms with E-state index in [9.17, 15) is 9.59 Å². The first-order chi connectivity index (χ1) is 13.2. The number of rotatable bonds is 4. The van der Waals surface area contributed by atoms with Crippen LogP contribution in [0.4, 0.5) is 5.13 Å². The molecule has 1 saturated heterocycles. The number of hydrogen-bond donors (Lipinski definition) is 1. The fraction of sp³-hybridized carbons (Fsp3) is 0.200. The van der Waals surface area contributed by atoms with E-state index >= 15 is 0 Å². The molecule has 0 spiro atoms. The lowest BCUT2D eigenvalue weighted by Gasteiger charge is -2.22. The number of fused-ring (bicyclic) bond motifs is 1. The zero-order valence-corrected chi connectivity index (χ0v) is 15.4. The first-order valence-corrected chi connectivity index (χ1v) is 9.63. The first-order valence-electron chi connectivity index (χ1n) is 8.75. The summed E-state index contributed by atoms with van der Waals surface area (Å²) in [5.41, 5.74) is 1.73. The van der Waals surface area contributed by atoms with Crippen LogP contribution < -0.4 is 5.32 Å². The van der Waals surface area contributed by atoms with E-state index in [0.717, 1.165) is 22.9 Å². The van der Waals surface area contributed by atoms with Gasteiger partial charge in [0.25, 0.3) is 0 Å². The Bertz CT molecular complexity index is 995. The van der Waals surface area contributed by atoms with Crippen molar-refractivity contribution in [1.82, 2.24) is 14.9 Å². The van der Waals surface area contributed by atoms with Crippen LogP contribution in [0.5, 0.6) is 0 Å². The summed E-state index contributed by atoms with van der Waals surface area (Å²) in [4.78, 5) is 35.3. The highest BCUT2D eigenvalue weighted by Crippen LogP contribution is 2.22. The van der Waals surface area contributed by atoms with Gasteiger partial charge in [-0.1, -0.05) is 24.3 Å². The number of nitrogens with zero attached hydrogens (tertiary/aromatic N) is 3. The van der Waals surface area contributed by atoms with E-state index in [1.165, 1.54) is 17.4 Å². The van der Waals surface area contributed by atoms with E-state index in [1.807, 2.05) is 30.3 Å². The molecular weight excluding hydrogens is 360 g/mol. The third-order valence-corrected chi connectivity index (χ3v) is 5.26. The molecule has 2 amide bonds. The Hall–Kier alpha value is -3.06. The van der Waals surface area contributed by atoms with Gasteiger partial charge >= 0.3 is 0 Å². The highest BCUT2D eigenvalue weighted by Gasteiger charge is 2.33. The average molecular weight is 378 g/mol. The Kier molecular flexibility index (Phi) is 4.93. The Labute approximate surface area is 160 Å². The quantitative estimate of drug-likeness (QED) is 0.707. The zero-order chi connectivity index (χ0) is 18.6. The average Bonchev–Trinajstić information content (AvgIpc) is 3.38. The Morgan fingerprint density at radius 2 is 2.07 bits per heavy atom. The van der Waals surface area contributed by atoms with Crippen LogP contribution in [0.15, 0.2) is 54.2 Å². The molecule has 0 bridgehead atoms. The minimum Gasteiger partial charge on any atom is -0.327 e. The van der Waals surface area contributed by atoms with Gasteiger partial charge in [-0.2, -0.15) is 0 Å². The third kappa shape index (κ3) is 3.73. The van der Waals surface area contributed by atoms with Gasteiger partial charge in [-0.25, -0.2) is 4.98 Å². The molecule has 1 fully saturated rings. The number of hydrogen-bond acceptors (Lipinski definition) is 5. The summed E-state index contributed by atoms with van der Waals surface area (Å²) in [5.74, 6) is -0.351. The van der Waals surface area contributed by atoms with Crippen LogP contribution in [0.3, 0.4) is 0 Å². The van der Waals surface area contributed by atoms with Crippen LogP contribution in [0.2, 0.25) is 0 Å². The molecule has 0 aliphatic carbocycles. The number of aromatic nitrogens is 2. The molecule has 0 radical (unpaired) electrons. The molecule has 1 N–H and O–H groups in total. The summed E-state index contributed by atoms with van der Waals surface area (Å²) >= 11 is 1.36. The second-order valence-electron chi connectivity index (χ2n) is 6.27. The molecule has 1 aliphatic heterocycles. The van der Waals surface area contributed by atoms with Crippen LogP contribution in [0.25, 0.3) is 17.0 Å². The fourth-order valence-electron chi connectivity index (χ4n) is 3.30. The SMILES string of the molecule is O=C(Nc1nccs1)[C@H]1CCCN1C(=O)/C=C\c1cccc2cccnc12. The number of amides is 2. The van der Waals surface area contributed by atoms with Crippen LogP contribution in [-0.4, -0.2) is 39.3 Å². The van der Waals surface area contributed by atoms with Gasteiger partial charge in [-0.15, -0.1) is 11.3 Å². The summed E-state index contributed by atoms with van der Waals surface area (Å²) in [7, 11) is 0. The van der Waals surface area contributed by atoms with Gasteiger partial charge in [-0.3, -0.25) is 14.6 Å². The summed E-state index contributed by atoms with van der Waals surface area (Å²) in [6.07, 6.45) is 8.14. The standard InChI is InChI=1S/C20H18N4O2S/c25-17(9-8-15-5-1-4-14-6-2-10-21-18(14)15)24-12-3-7-16(24)19(26)23-20-22-11-13-27-20/h1-2,4-6,8-11,13,16H,3,7,12H2,(H,22,23,26)/b9-8-/t16-/m1/s1. The molecular formula is C20H18N4O2S. The smallest absolute Gasteiger partial charge is 0.248 e. The van der Waals surface area contributed by atoms with Crippen molar-refractivity contribution in [3.05, 3.63) is 59.7 Å². The van der Waals surface area contributed by atoms with Crippen molar-refractivity contribution in [2.24, 2.45) is 0 Å². The molecule has 1 aromatic carbocycles. The van der Waals surface area contributed by atoms with E-state index in [-0.39, 0.29) is 11.8 Å². The fourth-order valence-corrected chi connectivity index (χ4v) is 3.83. The molecule has 7 heteroatoms. The minimum absolute atomic E-state index is 0.167. The number of likely N-dealkylation sites (tertiary alicyclic amines) is 1. The van der Waals surface area contributed by atoms with Crippen molar-refractivity contribution in [3.63, 3.8) is 0 Å². The normalized spacial score (nSPS) is 16.9. The summed E-state index contributed by atoms with van der Waals surface area (Å²) in [6.45, 7) is 0.576. The Morgan fingerprint density at radius 1 is 1.19 bits per heavy atom. The lowest BCUT2D eigenvalue weighted by Crippen LogP contribution is -2.42. The number of benzene rings is 1. The second kappa shape index (κ2) is 7.67. The molecule has 1 aliphatic rings. The monoisotopic (exact) mass is 378 g/mol. The van der Waals surface area contributed by atoms with Gasteiger partial charge in [0.2, 0.25) is 11.8 Å². The van der Waals surface area contributed by atoms with Gasteiger partial charge in [0.15, 0.2) is 5.13 Å². The molecule has 0 unspecified atom stereocenters. The Morgan fingerprint density at radius 3 is 2.93 bits per heavy atom. The van der Waals surface area contributed by atoms with E-state index in [2.05, 4.69) is 15.3 Å². The molecule has 3 heterocycles. The molecule has 4 rings (SSSR count). The number of carbonyl (C=O) groups is 2. The number of carbonyl (C=O) groups excluding carboxylic acids is 2. The molecule has 3 aromatic rings. The van der Waals surface area contributed by atoms with Gasteiger partial charge < -0.3 is 10.2 Å². The maximum atomic E-state index is 12.7. The van der Waals surface area contributed by atoms with Crippen molar-refractivity contribution in [3.8, 4) is 0 Å². The van der Waals surface area contributed by atoms with Gasteiger partial charge in [0.1, 0.15) is 6.04 Å². The van der Waals surface area contributed by atoms with Gasteiger partial charge in [0.05, 0.1) is 5.52 Å². The molecule has 27 heavy (non-hydrogen) atoms. The van der Waals surface area contributed by atoms with Crippen molar-refractivity contribution in [2.45, 2.75) is 18.9 Å². The third-order valence-electron chi connectivity index (χ3n) is 4.57. The van der Waals surface area contributed by atoms with E-state index < -0.39 is 6.04 Å². The zero-order valence-electron chi connectivity index (χ0n) is 14.5.